The monoisotopic (exact) mass is 250 g/mol. The van der Waals surface area contributed by atoms with Gasteiger partial charge in [0.25, 0.3) is 0 Å². The summed E-state index contributed by atoms with van der Waals surface area (Å²) in [5, 5.41) is 13.1. The van der Waals surface area contributed by atoms with Crippen molar-refractivity contribution in [3.05, 3.63) is 5.21 Å². The number of piperidine rings is 4. The van der Waals surface area contributed by atoms with Crippen LogP contribution in [0, 0.1) is 17.0 Å². The van der Waals surface area contributed by atoms with Gasteiger partial charge < -0.3 is 9.85 Å². The highest BCUT2D eigenvalue weighted by Crippen LogP contribution is 2.45. The van der Waals surface area contributed by atoms with Gasteiger partial charge in [-0.2, -0.15) is 0 Å². The first-order valence-corrected chi connectivity index (χ1v) is 8.08. The van der Waals surface area contributed by atoms with Gasteiger partial charge >= 0.3 is 0 Å². The quantitative estimate of drug-likeness (QED) is 0.487. The van der Waals surface area contributed by atoms with E-state index in [4.69, 9.17) is 0 Å². The molecular weight excluding hydrogens is 224 g/mol. The SMILES string of the molecule is [O-][N+]12CCCC[C@@H]1[C@H]1C[C@@H](C2)[C@H]2CCCCN2C1. The van der Waals surface area contributed by atoms with Gasteiger partial charge in [-0.05, 0) is 38.6 Å². The molecule has 0 aromatic carbocycles. The molecule has 2 bridgehead atoms. The third-order valence-corrected chi connectivity index (χ3v) is 6.26. The third-order valence-electron chi connectivity index (χ3n) is 6.26. The Kier molecular flexibility index (Phi) is 2.72. The van der Waals surface area contributed by atoms with E-state index in [1.165, 1.54) is 58.0 Å². The van der Waals surface area contributed by atoms with Gasteiger partial charge in [0.15, 0.2) is 0 Å². The number of quaternary nitrogens is 1. The van der Waals surface area contributed by atoms with Crippen molar-refractivity contribution in [1.29, 1.82) is 0 Å². The number of nitrogens with zero attached hydrogens (tertiary/aromatic N) is 2. The van der Waals surface area contributed by atoms with Crippen LogP contribution in [0.25, 0.3) is 0 Å². The van der Waals surface area contributed by atoms with Gasteiger partial charge in [0, 0.05) is 30.8 Å². The molecule has 4 fully saturated rings. The Bertz CT molecular complexity index is 334. The topological polar surface area (TPSA) is 26.3 Å². The molecule has 18 heavy (non-hydrogen) atoms. The predicted molar refractivity (Wildman–Crippen MR) is 71.8 cm³/mol. The van der Waals surface area contributed by atoms with Crippen molar-refractivity contribution in [1.82, 2.24) is 4.90 Å². The number of hydroxylamine groups is 3. The van der Waals surface area contributed by atoms with Crippen molar-refractivity contribution in [3.8, 4) is 0 Å². The van der Waals surface area contributed by atoms with Gasteiger partial charge in [-0.3, -0.25) is 4.90 Å². The molecule has 4 saturated heterocycles. The lowest BCUT2D eigenvalue weighted by atomic mass is 9.70. The summed E-state index contributed by atoms with van der Waals surface area (Å²) in [6, 6.07) is 1.22. The average molecular weight is 250 g/mol. The summed E-state index contributed by atoms with van der Waals surface area (Å²) < 4.78 is 0.194. The number of hydrogen-bond acceptors (Lipinski definition) is 2. The summed E-state index contributed by atoms with van der Waals surface area (Å²) in [5.74, 6) is 1.44. The molecule has 4 heterocycles. The molecule has 4 rings (SSSR count). The minimum absolute atomic E-state index is 0.194. The molecule has 3 nitrogen and oxygen atoms in total. The Morgan fingerprint density at radius 2 is 1.89 bits per heavy atom. The van der Waals surface area contributed by atoms with Crippen molar-refractivity contribution in [2.45, 2.75) is 57.0 Å². The normalized spacial score (nSPS) is 52.5. The Morgan fingerprint density at radius 1 is 1.00 bits per heavy atom. The average Bonchev–Trinajstić information content (AvgIpc) is 2.38. The summed E-state index contributed by atoms with van der Waals surface area (Å²) >= 11 is 0. The van der Waals surface area contributed by atoms with Gasteiger partial charge in [-0.25, -0.2) is 0 Å². The van der Waals surface area contributed by atoms with E-state index in [9.17, 15) is 5.21 Å². The fourth-order valence-electron chi connectivity index (χ4n) is 5.55. The van der Waals surface area contributed by atoms with Crippen LogP contribution < -0.4 is 0 Å². The van der Waals surface area contributed by atoms with Crippen LogP contribution >= 0.6 is 0 Å². The van der Waals surface area contributed by atoms with Crippen LogP contribution in [0.3, 0.4) is 0 Å². The second-order valence-electron chi connectivity index (χ2n) is 7.24. The molecule has 3 heteroatoms. The molecule has 1 unspecified atom stereocenters. The van der Waals surface area contributed by atoms with E-state index in [2.05, 4.69) is 4.90 Å². The molecule has 0 aromatic rings. The van der Waals surface area contributed by atoms with E-state index in [1.807, 2.05) is 0 Å². The van der Waals surface area contributed by atoms with Crippen molar-refractivity contribution >= 4 is 0 Å². The highest BCUT2D eigenvalue weighted by Gasteiger charge is 2.51. The summed E-state index contributed by atoms with van der Waals surface area (Å²) in [5.41, 5.74) is 0. The predicted octanol–water partition coefficient (Wildman–Crippen LogP) is 2.36. The van der Waals surface area contributed by atoms with E-state index < -0.39 is 0 Å². The minimum atomic E-state index is 0.194. The Hall–Kier alpha value is -0.120. The number of hydrogen-bond donors (Lipinski definition) is 0. The molecule has 0 amide bonds. The Morgan fingerprint density at radius 3 is 2.83 bits per heavy atom. The van der Waals surface area contributed by atoms with Crippen LogP contribution in [-0.4, -0.2) is 47.8 Å². The lowest BCUT2D eigenvalue weighted by Gasteiger charge is -2.63. The summed E-state index contributed by atoms with van der Waals surface area (Å²) in [4.78, 5) is 2.75. The molecule has 0 aliphatic carbocycles. The standard InChI is InChI=1S/C15H26N2O/c18-17-8-4-2-6-15(17)12-9-13(11-17)14-5-1-3-7-16(14)10-12/h12-15H,1-11H2/t12-,13-,14+,15+,17?/m0/s1. The number of rotatable bonds is 0. The molecule has 102 valence electrons. The lowest BCUT2D eigenvalue weighted by Crippen LogP contribution is -2.69. The highest BCUT2D eigenvalue weighted by molar-refractivity contribution is 4.96. The maximum absolute atomic E-state index is 13.1. The van der Waals surface area contributed by atoms with Gasteiger partial charge in [-0.1, -0.05) is 6.42 Å². The lowest BCUT2D eigenvalue weighted by molar-refractivity contribution is -0.925. The molecule has 0 N–H and O–H groups in total. The van der Waals surface area contributed by atoms with Crippen molar-refractivity contribution < 1.29 is 4.65 Å². The molecule has 0 saturated carbocycles. The zero-order valence-electron chi connectivity index (χ0n) is 11.4. The molecule has 0 aromatic heterocycles. The maximum atomic E-state index is 13.1. The fraction of sp³-hybridized carbons (Fsp3) is 1.00. The molecule has 0 radical (unpaired) electrons. The van der Waals surface area contributed by atoms with Crippen molar-refractivity contribution in [3.63, 3.8) is 0 Å². The van der Waals surface area contributed by atoms with Gasteiger partial charge in [0.2, 0.25) is 0 Å². The second kappa shape index (κ2) is 4.19. The van der Waals surface area contributed by atoms with E-state index in [0.717, 1.165) is 31.0 Å². The highest BCUT2D eigenvalue weighted by atomic mass is 16.5. The fourth-order valence-corrected chi connectivity index (χ4v) is 5.55. The second-order valence-corrected chi connectivity index (χ2v) is 7.24. The summed E-state index contributed by atoms with van der Waals surface area (Å²) in [7, 11) is 0. The van der Waals surface area contributed by atoms with Crippen LogP contribution in [0.15, 0.2) is 0 Å². The first-order valence-electron chi connectivity index (χ1n) is 8.08. The van der Waals surface area contributed by atoms with Gasteiger partial charge in [-0.15, -0.1) is 0 Å². The van der Waals surface area contributed by atoms with Gasteiger partial charge in [0.1, 0.15) is 0 Å². The van der Waals surface area contributed by atoms with Crippen LogP contribution in [0.1, 0.15) is 44.9 Å². The molecule has 0 spiro atoms. The first kappa shape index (κ1) is 11.7. The largest absolute Gasteiger partial charge is 0.633 e. The zero-order chi connectivity index (χ0) is 12.2. The van der Waals surface area contributed by atoms with E-state index in [1.54, 1.807) is 0 Å². The van der Waals surface area contributed by atoms with Crippen molar-refractivity contribution in [2.24, 2.45) is 11.8 Å². The number of fused-ring (bicyclic) bond motifs is 6. The van der Waals surface area contributed by atoms with Crippen LogP contribution in [0.5, 0.6) is 0 Å². The molecule has 4 aliphatic rings. The van der Waals surface area contributed by atoms with Crippen LogP contribution in [-0.2, 0) is 0 Å². The summed E-state index contributed by atoms with van der Waals surface area (Å²) in [6.45, 7) is 4.42. The smallest absolute Gasteiger partial charge is 0.0928 e. The first-order chi connectivity index (χ1) is 8.76. The van der Waals surface area contributed by atoms with Crippen LogP contribution in [0.4, 0.5) is 0 Å². The third kappa shape index (κ3) is 1.67. The zero-order valence-corrected chi connectivity index (χ0v) is 11.4. The van der Waals surface area contributed by atoms with E-state index >= 15 is 0 Å². The van der Waals surface area contributed by atoms with E-state index in [0.29, 0.717) is 6.04 Å². The minimum Gasteiger partial charge on any atom is -0.633 e. The summed E-state index contributed by atoms with van der Waals surface area (Å²) in [6.07, 6.45) is 9.20. The van der Waals surface area contributed by atoms with Gasteiger partial charge in [0.05, 0.1) is 19.1 Å². The molecule has 4 aliphatic heterocycles. The molecular formula is C15H26N2O. The Labute approximate surface area is 110 Å². The van der Waals surface area contributed by atoms with E-state index in [-0.39, 0.29) is 4.65 Å². The maximum Gasteiger partial charge on any atom is 0.0928 e. The van der Waals surface area contributed by atoms with Crippen LogP contribution in [0.2, 0.25) is 0 Å². The van der Waals surface area contributed by atoms with Crippen molar-refractivity contribution in [2.75, 3.05) is 26.2 Å². The Balaban J connectivity index is 1.61. The molecule has 5 atom stereocenters.